The lowest BCUT2D eigenvalue weighted by atomic mass is 10.4. The SMILES string of the molecule is FCCCn1c(=S)[n]([AlH2])c(=S)n1CCCF. The van der Waals surface area contributed by atoms with E-state index in [4.69, 9.17) is 24.4 Å². The predicted molar refractivity (Wildman–Crippen MR) is 67.2 cm³/mol. The number of aromatic nitrogens is 3. The van der Waals surface area contributed by atoms with Crippen molar-refractivity contribution in [1.29, 1.82) is 0 Å². The molecule has 0 aliphatic rings. The fourth-order valence-electron chi connectivity index (χ4n) is 1.49. The summed E-state index contributed by atoms with van der Waals surface area (Å²) in [6.07, 6.45) is 0.814. The number of hydrogen-bond donors (Lipinski definition) is 0. The highest BCUT2D eigenvalue weighted by Crippen LogP contribution is 2.03. The molecule has 0 N–H and O–H groups in total. The number of rotatable bonds is 6. The van der Waals surface area contributed by atoms with E-state index in [9.17, 15) is 8.78 Å². The van der Waals surface area contributed by atoms with Crippen LogP contribution in [0.2, 0.25) is 0 Å². The molecule has 0 unspecified atom stereocenters. The fraction of sp³-hybridized carbons (Fsp3) is 0.750. The minimum absolute atomic E-state index is 0.385. The molecule has 0 saturated carbocycles. The van der Waals surface area contributed by atoms with Gasteiger partial charge in [-0.05, 0) is 37.3 Å². The molecule has 1 heterocycles. The van der Waals surface area contributed by atoms with Crippen LogP contribution in [0.3, 0.4) is 0 Å². The van der Waals surface area contributed by atoms with Crippen LogP contribution >= 0.6 is 24.4 Å². The van der Waals surface area contributed by atoms with Crippen LogP contribution in [0.5, 0.6) is 0 Å². The van der Waals surface area contributed by atoms with Gasteiger partial charge in [0.05, 0.1) is 13.3 Å². The van der Waals surface area contributed by atoms with E-state index in [-0.39, 0.29) is 13.3 Å². The van der Waals surface area contributed by atoms with Crippen molar-refractivity contribution in [2.45, 2.75) is 25.9 Å². The predicted octanol–water partition coefficient (Wildman–Crippen LogP) is 1.67. The summed E-state index contributed by atoms with van der Waals surface area (Å²) in [5.41, 5.74) is 0. The van der Waals surface area contributed by atoms with Crippen molar-refractivity contribution in [3.63, 3.8) is 0 Å². The quantitative estimate of drug-likeness (QED) is 0.582. The number of hydrogen-bond acceptors (Lipinski definition) is 2. The smallest absolute Gasteiger partial charge is 0.377 e. The second-order valence-electron chi connectivity index (χ2n) is 3.46. The molecular weight excluding hydrogens is 267 g/mol. The first-order valence-corrected chi connectivity index (χ1v) is 6.83. The average Bonchev–Trinajstić information content (AvgIpc) is 2.49. The van der Waals surface area contributed by atoms with Gasteiger partial charge >= 0.3 is 16.5 Å². The van der Waals surface area contributed by atoms with Crippen molar-refractivity contribution in [2.75, 3.05) is 13.3 Å². The van der Waals surface area contributed by atoms with Crippen LogP contribution in [-0.4, -0.2) is 42.8 Å². The second kappa shape index (κ2) is 6.65. The summed E-state index contributed by atoms with van der Waals surface area (Å²) in [5, 5.41) is 0. The van der Waals surface area contributed by atoms with Gasteiger partial charge in [0, 0.05) is 13.1 Å². The molecule has 0 amide bonds. The Labute approximate surface area is 111 Å². The molecule has 16 heavy (non-hydrogen) atoms. The summed E-state index contributed by atoms with van der Waals surface area (Å²) in [5.74, 6) is 0. The number of nitrogens with zero attached hydrogens (tertiary/aromatic N) is 3. The average molecular weight is 281 g/mol. The van der Waals surface area contributed by atoms with Crippen molar-refractivity contribution in [3.8, 4) is 0 Å². The van der Waals surface area contributed by atoms with Crippen LogP contribution in [0.4, 0.5) is 8.78 Å². The third-order valence-electron chi connectivity index (χ3n) is 2.31. The molecule has 0 atom stereocenters. The summed E-state index contributed by atoms with van der Waals surface area (Å²) < 4.78 is 30.9. The van der Waals surface area contributed by atoms with E-state index in [1.807, 2.05) is 3.55 Å². The fourth-order valence-corrected chi connectivity index (χ4v) is 2.56. The van der Waals surface area contributed by atoms with Crippen molar-refractivity contribution in [1.82, 2.24) is 12.9 Å². The van der Waals surface area contributed by atoms with Crippen LogP contribution < -0.4 is 0 Å². The molecule has 3 nitrogen and oxygen atoms in total. The van der Waals surface area contributed by atoms with Gasteiger partial charge in [-0.3, -0.25) is 18.1 Å². The zero-order valence-corrected chi connectivity index (χ0v) is 12.8. The van der Waals surface area contributed by atoms with Crippen molar-refractivity contribution in [2.24, 2.45) is 0 Å². The summed E-state index contributed by atoms with van der Waals surface area (Å²) >= 11 is 11.1. The molecule has 0 aliphatic heterocycles. The second-order valence-corrected chi connectivity index (χ2v) is 5.08. The maximum absolute atomic E-state index is 12.2. The third kappa shape index (κ3) is 3.01. The summed E-state index contributed by atoms with van der Waals surface area (Å²) in [6.45, 7) is 0.231. The van der Waals surface area contributed by atoms with Gasteiger partial charge in [-0.2, -0.15) is 0 Å². The Balaban J connectivity index is 3.07. The maximum atomic E-state index is 12.2. The first-order chi connectivity index (χ1) is 7.63. The molecule has 1 aromatic heterocycles. The molecule has 0 saturated heterocycles. The van der Waals surface area contributed by atoms with E-state index in [1.54, 1.807) is 9.36 Å². The van der Waals surface area contributed by atoms with Gasteiger partial charge in [-0.1, -0.05) is 0 Å². The topological polar surface area (TPSA) is 14.8 Å². The van der Waals surface area contributed by atoms with E-state index in [1.165, 1.54) is 0 Å². The minimum Gasteiger partial charge on any atom is -0.395 e. The van der Waals surface area contributed by atoms with Crippen molar-refractivity contribution < 1.29 is 8.78 Å². The molecule has 8 heteroatoms. The Bertz CT molecular complexity index is 412. The first-order valence-electron chi connectivity index (χ1n) is 5.12. The van der Waals surface area contributed by atoms with Crippen LogP contribution in [-0.2, 0) is 13.1 Å². The van der Waals surface area contributed by atoms with Crippen LogP contribution in [0, 0.1) is 9.54 Å². The van der Waals surface area contributed by atoms with Gasteiger partial charge in [-0.25, -0.2) is 0 Å². The Morgan fingerprint density at radius 3 is 1.62 bits per heavy atom. The lowest BCUT2D eigenvalue weighted by Crippen LogP contribution is -2.14. The van der Waals surface area contributed by atoms with Crippen molar-refractivity contribution in [3.05, 3.63) is 9.54 Å². The van der Waals surface area contributed by atoms with Gasteiger partial charge in [-0.15, -0.1) is 0 Å². The number of halogens is 2. The standard InChI is InChI=1S/C8H13F2N3S2.Al.2H/c9-3-1-5-12-7(14)11-8(15)13(12)6-2-4-10;;;/h1-6H2,(H,11,14,15);;;/q;+1;;/p-1. The van der Waals surface area contributed by atoms with Gasteiger partial charge in [0.2, 0.25) is 0 Å². The third-order valence-corrected chi connectivity index (χ3v) is 4.78. The summed E-state index contributed by atoms with van der Waals surface area (Å²) in [6, 6.07) is 0. The zero-order valence-electron chi connectivity index (χ0n) is 9.16. The molecule has 1 rings (SSSR count). The maximum Gasteiger partial charge on any atom is 0.377 e. The molecule has 0 spiro atoms. The lowest BCUT2D eigenvalue weighted by Gasteiger charge is -2.09. The van der Waals surface area contributed by atoms with Gasteiger partial charge < -0.3 is 3.55 Å². The Morgan fingerprint density at radius 1 is 0.938 bits per heavy atom. The highest BCUT2D eigenvalue weighted by atomic mass is 32.1. The number of alkyl halides is 2. The normalized spacial score (nSPS) is 10.9. The van der Waals surface area contributed by atoms with Gasteiger partial charge in [0.25, 0.3) is 0 Å². The first kappa shape index (κ1) is 14.0. The summed E-state index contributed by atoms with van der Waals surface area (Å²) in [7, 11) is 0. The Hall–Kier alpha value is -0.0275. The highest BCUT2D eigenvalue weighted by molar-refractivity contribution is 7.72. The van der Waals surface area contributed by atoms with Crippen LogP contribution in [0.25, 0.3) is 0 Å². The van der Waals surface area contributed by atoms with E-state index in [0.29, 0.717) is 52.0 Å². The van der Waals surface area contributed by atoms with Crippen molar-refractivity contribution >= 4 is 40.9 Å². The zero-order chi connectivity index (χ0) is 12.1. The van der Waals surface area contributed by atoms with Gasteiger partial charge in [0.1, 0.15) is 0 Å². The molecule has 0 fully saturated rings. The van der Waals surface area contributed by atoms with E-state index < -0.39 is 0 Å². The highest BCUT2D eigenvalue weighted by Gasteiger charge is 2.06. The van der Waals surface area contributed by atoms with E-state index in [2.05, 4.69) is 0 Å². The molecule has 0 radical (unpaired) electrons. The van der Waals surface area contributed by atoms with E-state index >= 15 is 0 Å². The molecule has 1 aromatic rings. The summed E-state index contributed by atoms with van der Waals surface area (Å²) in [4.78, 5) is 0. The minimum atomic E-state index is -0.385. The molecular formula is C8H14AlF2N3S2. The molecule has 0 bridgehead atoms. The van der Waals surface area contributed by atoms with E-state index in [0.717, 1.165) is 0 Å². The Kier molecular flexibility index (Phi) is 5.83. The van der Waals surface area contributed by atoms with Crippen LogP contribution in [0.1, 0.15) is 12.8 Å². The Morgan fingerprint density at radius 2 is 1.31 bits per heavy atom. The van der Waals surface area contributed by atoms with Gasteiger partial charge in [0.15, 0.2) is 9.54 Å². The van der Waals surface area contributed by atoms with Crippen LogP contribution in [0.15, 0.2) is 0 Å². The molecule has 90 valence electrons. The molecule has 0 aromatic carbocycles. The monoisotopic (exact) mass is 281 g/mol. The lowest BCUT2D eigenvalue weighted by molar-refractivity contribution is 0.365. The largest absolute Gasteiger partial charge is 0.395 e. The molecule has 0 aliphatic carbocycles.